The number of sulfonamides is 1. The minimum absolute atomic E-state index is 0.400. The van der Waals surface area contributed by atoms with Gasteiger partial charge < -0.3 is 4.74 Å². The molecule has 0 aliphatic heterocycles. The van der Waals surface area contributed by atoms with Crippen LogP contribution in [-0.2, 0) is 15.4 Å². The van der Waals surface area contributed by atoms with Crippen molar-refractivity contribution < 1.29 is 35.1 Å². The lowest BCUT2D eigenvalue weighted by atomic mass is 10.1. The fourth-order valence-electron chi connectivity index (χ4n) is 1.33. The van der Waals surface area contributed by atoms with E-state index in [0.717, 1.165) is 0 Å². The zero-order chi connectivity index (χ0) is 15.7. The summed E-state index contributed by atoms with van der Waals surface area (Å²) in [6.45, 7) is 0. The molecule has 1 aromatic rings. The Bertz CT molecular complexity index is 605. The van der Waals surface area contributed by atoms with Crippen LogP contribution in [0.15, 0.2) is 11.1 Å². The topological polar surface area (TPSA) is 82.3 Å². The molecule has 114 valence electrons. The fraction of sp³-hybridized carbons (Fsp3) is 0.375. The summed E-state index contributed by atoms with van der Waals surface area (Å²) in [5.74, 6) is -1.40. The second-order valence-electron chi connectivity index (χ2n) is 3.35. The summed E-state index contributed by atoms with van der Waals surface area (Å²) < 4.78 is 87.9. The lowest BCUT2D eigenvalue weighted by Crippen LogP contribution is -2.23. The summed E-state index contributed by atoms with van der Waals surface area (Å²) in [4.78, 5) is 1.73. The molecule has 20 heavy (non-hydrogen) atoms. The van der Waals surface area contributed by atoms with Crippen molar-refractivity contribution in [3.63, 3.8) is 0 Å². The van der Waals surface area contributed by atoms with Gasteiger partial charge in [0.05, 0.1) is 0 Å². The Kier molecular flexibility index (Phi) is 4.92. The van der Waals surface area contributed by atoms with Crippen LogP contribution in [0.3, 0.4) is 0 Å². The maximum atomic E-state index is 12.7. The summed E-state index contributed by atoms with van der Waals surface area (Å²) in [6.07, 6.45) is -7.99. The van der Waals surface area contributed by atoms with Gasteiger partial charge in [0.25, 0.3) is 6.43 Å². The predicted octanol–water partition coefficient (Wildman–Crippen LogP) is 2.46. The van der Waals surface area contributed by atoms with Crippen molar-refractivity contribution in [1.82, 2.24) is 4.98 Å². The monoisotopic (exact) mass is 384 g/mol. The van der Waals surface area contributed by atoms with Gasteiger partial charge in [-0.2, -0.15) is 0 Å². The molecule has 0 amide bonds. The number of primary sulfonamides is 1. The average molecular weight is 385 g/mol. The van der Waals surface area contributed by atoms with Gasteiger partial charge in [-0.05, 0) is 5.56 Å². The van der Waals surface area contributed by atoms with Crippen LogP contribution in [0, 0.1) is 0 Å². The predicted molar refractivity (Wildman–Crippen MR) is 59.9 cm³/mol. The molecule has 0 radical (unpaired) electrons. The third kappa shape index (κ3) is 3.99. The largest absolute Gasteiger partial charge is 0.574 e. The van der Waals surface area contributed by atoms with Gasteiger partial charge in [0.1, 0.15) is 4.90 Å². The Morgan fingerprint density at radius 1 is 1.40 bits per heavy atom. The molecule has 1 aromatic heterocycles. The Hall–Kier alpha value is -1.01. The molecule has 0 aliphatic carbocycles. The Labute approximate surface area is 118 Å². The molecule has 0 atom stereocenters. The molecule has 0 aromatic carbocycles. The molecule has 0 spiro atoms. The maximum Gasteiger partial charge on any atom is 0.574 e. The van der Waals surface area contributed by atoms with Gasteiger partial charge in [0, 0.05) is 17.1 Å². The first-order valence-electron chi connectivity index (χ1n) is 4.61. The van der Waals surface area contributed by atoms with Crippen molar-refractivity contribution in [2.75, 3.05) is 0 Å². The summed E-state index contributed by atoms with van der Waals surface area (Å²) in [6, 6.07) is 0. The zero-order valence-corrected chi connectivity index (χ0v) is 11.7. The number of nitrogens with zero attached hydrogens (tertiary/aromatic N) is 1. The van der Waals surface area contributed by atoms with E-state index in [4.69, 9.17) is 5.14 Å². The second kappa shape index (κ2) is 5.77. The zero-order valence-electron chi connectivity index (χ0n) is 9.29. The van der Waals surface area contributed by atoms with Gasteiger partial charge in [0.2, 0.25) is 15.9 Å². The minimum Gasteiger partial charge on any atom is -0.386 e. The molecule has 0 unspecified atom stereocenters. The first kappa shape index (κ1) is 17.0. The van der Waals surface area contributed by atoms with Crippen LogP contribution in [0.2, 0.25) is 0 Å². The van der Waals surface area contributed by atoms with Crippen LogP contribution < -0.4 is 9.88 Å². The van der Waals surface area contributed by atoms with E-state index in [9.17, 15) is 30.4 Å². The standard InChI is InChI=1S/C8H6BrF5N2O3S/c9-1-3-4(6(10)11)2-16-7(19-8(12,13)14)5(3)20(15,17)18/h2,6H,1H2,(H2,15,17,18). The van der Waals surface area contributed by atoms with E-state index in [1.165, 1.54) is 0 Å². The molecule has 0 fully saturated rings. The third-order valence-electron chi connectivity index (χ3n) is 2.00. The summed E-state index contributed by atoms with van der Waals surface area (Å²) in [5.41, 5.74) is -1.50. The van der Waals surface area contributed by atoms with Crippen molar-refractivity contribution in [2.45, 2.75) is 23.0 Å². The molecule has 0 aliphatic rings. The number of rotatable bonds is 4. The number of ether oxygens (including phenoxy) is 1. The molecule has 0 saturated heterocycles. The first-order chi connectivity index (χ1) is 8.97. The highest BCUT2D eigenvalue weighted by Crippen LogP contribution is 2.35. The van der Waals surface area contributed by atoms with Crippen LogP contribution in [0.4, 0.5) is 22.0 Å². The number of pyridine rings is 1. The van der Waals surface area contributed by atoms with E-state index in [0.29, 0.717) is 6.20 Å². The van der Waals surface area contributed by atoms with Crippen molar-refractivity contribution in [3.05, 3.63) is 17.3 Å². The molecule has 0 bridgehead atoms. The Balaban J connectivity index is 3.63. The van der Waals surface area contributed by atoms with Crippen molar-refractivity contribution in [1.29, 1.82) is 0 Å². The highest BCUT2D eigenvalue weighted by Gasteiger charge is 2.36. The smallest absolute Gasteiger partial charge is 0.386 e. The van der Waals surface area contributed by atoms with Gasteiger partial charge in [0.15, 0.2) is 0 Å². The molecular weight excluding hydrogens is 379 g/mol. The van der Waals surface area contributed by atoms with E-state index in [1.807, 2.05) is 0 Å². The van der Waals surface area contributed by atoms with E-state index < -0.39 is 50.0 Å². The van der Waals surface area contributed by atoms with Crippen molar-refractivity contribution in [3.8, 4) is 5.88 Å². The number of nitrogens with two attached hydrogens (primary N) is 1. The normalized spacial score (nSPS) is 12.8. The number of hydrogen-bond donors (Lipinski definition) is 1. The number of aromatic nitrogens is 1. The van der Waals surface area contributed by atoms with Crippen LogP contribution in [-0.4, -0.2) is 19.8 Å². The number of hydrogen-bond acceptors (Lipinski definition) is 4. The molecule has 5 nitrogen and oxygen atoms in total. The van der Waals surface area contributed by atoms with Crippen molar-refractivity contribution >= 4 is 26.0 Å². The van der Waals surface area contributed by atoms with E-state index in [-0.39, 0.29) is 0 Å². The SMILES string of the molecule is NS(=O)(=O)c1c(OC(F)(F)F)ncc(C(F)F)c1CBr. The summed E-state index contributed by atoms with van der Waals surface area (Å²) in [7, 11) is -4.76. The Morgan fingerprint density at radius 2 is 1.95 bits per heavy atom. The van der Waals surface area contributed by atoms with Gasteiger partial charge >= 0.3 is 6.36 Å². The third-order valence-corrected chi connectivity index (χ3v) is 3.55. The highest BCUT2D eigenvalue weighted by molar-refractivity contribution is 9.08. The molecular formula is C8H6BrF5N2O3S. The van der Waals surface area contributed by atoms with Crippen LogP contribution >= 0.6 is 15.9 Å². The lowest BCUT2D eigenvalue weighted by Gasteiger charge is -2.15. The highest BCUT2D eigenvalue weighted by atomic mass is 79.9. The second-order valence-corrected chi connectivity index (χ2v) is 5.41. The van der Waals surface area contributed by atoms with E-state index in [2.05, 4.69) is 25.7 Å². The quantitative estimate of drug-likeness (QED) is 0.638. The molecule has 1 heterocycles. The van der Waals surface area contributed by atoms with Crippen LogP contribution in [0.5, 0.6) is 5.88 Å². The van der Waals surface area contributed by atoms with E-state index >= 15 is 0 Å². The Morgan fingerprint density at radius 3 is 2.30 bits per heavy atom. The van der Waals surface area contributed by atoms with Gasteiger partial charge in [-0.25, -0.2) is 27.3 Å². The van der Waals surface area contributed by atoms with Gasteiger partial charge in [-0.15, -0.1) is 13.2 Å². The van der Waals surface area contributed by atoms with Crippen LogP contribution in [0.25, 0.3) is 0 Å². The number of halogens is 6. The summed E-state index contributed by atoms with van der Waals surface area (Å²) in [5, 5.41) is 4.26. The molecule has 0 saturated carbocycles. The molecule has 2 N–H and O–H groups in total. The van der Waals surface area contributed by atoms with Crippen molar-refractivity contribution in [2.24, 2.45) is 5.14 Å². The number of alkyl halides is 6. The fourth-order valence-corrected chi connectivity index (χ4v) is 2.99. The minimum atomic E-state index is -5.25. The van der Waals surface area contributed by atoms with Gasteiger partial charge in [-0.1, -0.05) is 15.9 Å². The summed E-state index contributed by atoms with van der Waals surface area (Å²) >= 11 is 2.72. The first-order valence-corrected chi connectivity index (χ1v) is 7.28. The van der Waals surface area contributed by atoms with Crippen LogP contribution in [0.1, 0.15) is 17.6 Å². The molecule has 1 rings (SSSR count). The lowest BCUT2D eigenvalue weighted by molar-refractivity contribution is -0.277. The molecule has 12 heteroatoms. The van der Waals surface area contributed by atoms with Gasteiger partial charge in [-0.3, -0.25) is 0 Å². The average Bonchev–Trinajstić information content (AvgIpc) is 2.23. The van der Waals surface area contributed by atoms with E-state index in [1.54, 1.807) is 0 Å². The maximum absolute atomic E-state index is 12.7.